The smallest absolute Gasteiger partial charge is 0.276 e. The summed E-state index contributed by atoms with van der Waals surface area (Å²) in [6, 6.07) is 16.7. The Labute approximate surface area is 160 Å². The first-order valence-corrected chi connectivity index (χ1v) is 10.6. The first-order valence-electron chi connectivity index (χ1n) is 9.13. The minimum Gasteiger partial charge on any atom is -0.494 e. The Kier molecular flexibility index (Phi) is 6.47. The number of hydrogen-bond acceptors (Lipinski definition) is 5. The van der Waals surface area contributed by atoms with Crippen molar-refractivity contribution in [2.75, 3.05) is 19.7 Å². The molecule has 2 aromatic carbocycles. The van der Waals surface area contributed by atoms with Gasteiger partial charge in [0.2, 0.25) is 0 Å². The number of ether oxygens (including phenoxy) is 1. The SMILES string of the molecule is CCOc1ccc(S(=O)(=O)NN=C2CCN(Cc3ccccc3)CC2)cc1. The van der Waals surface area contributed by atoms with Crippen molar-refractivity contribution in [2.45, 2.75) is 31.2 Å². The zero-order valence-corrected chi connectivity index (χ0v) is 16.3. The largest absolute Gasteiger partial charge is 0.494 e. The average molecular weight is 388 g/mol. The number of hydrogen-bond donors (Lipinski definition) is 1. The Bertz CT molecular complexity index is 855. The molecule has 7 heteroatoms. The van der Waals surface area contributed by atoms with Gasteiger partial charge in [0.1, 0.15) is 5.75 Å². The molecule has 0 atom stereocenters. The van der Waals surface area contributed by atoms with Gasteiger partial charge in [0.05, 0.1) is 11.5 Å². The van der Waals surface area contributed by atoms with E-state index in [-0.39, 0.29) is 4.90 Å². The lowest BCUT2D eigenvalue weighted by molar-refractivity contribution is 0.266. The molecule has 1 aliphatic heterocycles. The lowest BCUT2D eigenvalue weighted by Crippen LogP contribution is -2.34. The number of benzene rings is 2. The number of rotatable bonds is 7. The van der Waals surface area contributed by atoms with Crippen molar-refractivity contribution in [1.29, 1.82) is 0 Å². The Balaban J connectivity index is 1.53. The monoisotopic (exact) mass is 387 g/mol. The van der Waals surface area contributed by atoms with Crippen LogP contribution < -0.4 is 9.57 Å². The van der Waals surface area contributed by atoms with E-state index in [1.54, 1.807) is 12.1 Å². The zero-order valence-electron chi connectivity index (χ0n) is 15.5. The highest BCUT2D eigenvalue weighted by molar-refractivity contribution is 7.89. The molecular weight excluding hydrogens is 362 g/mol. The molecule has 1 aliphatic rings. The highest BCUT2D eigenvalue weighted by Crippen LogP contribution is 2.16. The summed E-state index contributed by atoms with van der Waals surface area (Å²) in [5, 5.41) is 4.15. The van der Waals surface area contributed by atoms with E-state index in [9.17, 15) is 8.42 Å². The van der Waals surface area contributed by atoms with E-state index in [1.807, 2.05) is 25.1 Å². The van der Waals surface area contributed by atoms with Crippen molar-refractivity contribution >= 4 is 15.7 Å². The van der Waals surface area contributed by atoms with Crippen LogP contribution in [0.3, 0.4) is 0 Å². The fourth-order valence-corrected chi connectivity index (χ4v) is 3.83. The Hall–Kier alpha value is -2.38. The summed E-state index contributed by atoms with van der Waals surface area (Å²) in [7, 11) is -3.66. The van der Waals surface area contributed by atoms with Crippen LogP contribution >= 0.6 is 0 Å². The minimum atomic E-state index is -3.66. The number of likely N-dealkylation sites (tertiary alicyclic amines) is 1. The molecule has 3 rings (SSSR count). The van der Waals surface area contributed by atoms with Crippen LogP contribution in [0.15, 0.2) is 64.6 Å². The fraction of sp³-hybridized carbons (Fsp3) is 0.350. The lowest BCUT2D eigenvalue weighted by Gasteiger charge is -2.27. The predicted molar refractivity (Wildman–Crippen MR) is 106 cm³/mol. The summed E-state index contributed by atoms with van der Waals surface area (Å²) >= 11 is 0. The lowest BCUT2D eigenvalue weighted by atomic mass is 10.1. The van der Waals surface area contributed by atoms with Gasteiger partial charge in [0.15, 0.2) is 0 Å². The molecule has 1 saturated heterocycles. The van der Waals surface area contributed by atoms with Gasteiger partial charge in [-0.2, -0.15) is 13.5 Å². The van der Waals surface area contributed by atoms with Crippen LogP contribution in [0.25, 0.3) is 0 Å². The van der Waals surface area contributed by atoms with Gasteiger partial charge in [-0.3, -0.25) is 4.90 Å². The molecule has 0 saturated carbocycles. The van der Waals surface area contributed by atoms with E-state index >= 15 is 0 Å². The summed E-state index contributed by atoms with van der Waals surface area (Å²) in [6.07, 6.45) is 1.53. The van der Waals surface area contributed by atoms with Crippen molar-refractivity contribution in [2.24, 2.45) is 5.10 Å². The highest BCUT2D eigenvalue weighted by atomic mass is 32.2. The van der Waals surface area contributed by atoms with Gasteiger partial charge in [-0.05, 0) is 36.8 Å². The second kappa shape index (κ2) is 9.01. The van der Waals surface area contributed by atoms with Crippen molar-refractivity contribution in [3.63, 3.8) is 0 Å². The number of piperidine rings is 1. The number of nitrogens with one attached hydrogen (secondary N) is 1. The summed E-state index contributed by atoms with van der Waals surface area (Å²) in [6.45, 7) is 5.08. The summed E-state index contributed by atoms with van der Waals surface area (Å²) in [5.74, 6) is 0.647. The molecule has 0 aromatic heterocycles. The minimum absolute atomic E-state index is 0.178. The van der Waals surface area contributed by atoms with E-state index < -0.39 is 10.0 Å². The topological polar surface area (TPSA) is 71.0 Å². The van der Waals surface area contributed by atoms with E-state index in [0.717, 1.165) is 38.2 Å². The highest BCUT2D eigenvalue weighted by Gasteiger charge is 2.17. The molecule has 2 aromatic rings. The van der Waals surface area contributed by atoms with E-state index in [4.69, 9.17) is 4.74 Å². The van der Waals surface area contributed by atoms with Gasteiger partial charge in [0.25, 0.3) is 10.0 Å². The molecule has 1 heterocycles. The molecule has 6 nitrogen and oxygen atoms in total. The van der Waals surface area contributed by atoms with Crippen molar-refractivity contribution in [1.82, 2.24) is 9.73 Å². The molecule has 0 aliphatic carbocycles. The summed E-state index contributed by atoms with van der Waals surface area (Å²) < 4.78 is 30.1. The molecule has 0 spiro atoms. The quantitative estimate of drug-likeness (QED) is 0.742. The van der Waals surface area contributed by atoms with Crippen molar-refractivity contribution in [3.8, 4) is 5.75 Å². The van der Waals surface area contributed by atoms with Crippen LogP contribution in [-0.4, -0.2) is 38.7 Å². The number of sulfonamides is 1. The maximum absolute atomic E-state index is 12.4. The second-order valence-corrected chi connectivity index (χ2v) is 8.10. The number of hydrazone groups is 1. The van der Waals surface area contributed by atoms with Gasteiger partial charge >= 0.3 is 0 Å². The second-order valence-electron chi connectivity index (χ2n) is 6.44. The standard InChI is InChI=1S/C20H25N3O3S/c1-2-26-19-8-10-20(11-9-19)27(24,25)22-21-18-12-14-23(15-13-18)16-17-6-4-3-5-7-17/h3-11,22H,2,12-16H2,1H3. The maximum atomic E-state index is 12.4. The number of nitrogens with zero attached hydrogens (tertiary/aromatic N) is 2. The van der Waals surface area contributed by atoms with Gasteiger partial charge < -0.3 is 4.74 Å². The molecule has 27 heavy (non-hydrogen) atoms. The first-order chi connectivity index (χ1) is 13.1. The van der Waals surface area contributed by atoms with Gasteiger partial charge in [0, 0.05) is 38.2 Å². The third kappa shape index (κ3) is 5.55. The van der Waals surface area contributed by atoms with Crippen molar-refractivity contribution < 1.29 is 13.2 Å². The molecule has 1 N–H and O–H groups in total. The maximum Gasteiger partial charge on any atom is 0.276 e. The molecule has 0 unspecified atom stereocenters. The van der Waals surface area contributed by atoms with E-state index in [2.05, 4.69) is 27.0 Å². The summed E-state index contributed by atoms with van der Waals surface area (Å²) in [5.41, 5.74) is 2.17. The Morgan fingerprint density at radius 2 is 1.70 bits per heavy atom. The Morgan fingerprint density at radius 3 is 2.33 bits per heavy atom. The molecule has 1 fully saturated rings. The van der Waals surface area contributed by atoms with E-state index in [0.29, 0.717) is 12.4 Å². The van der Waals surface area contributed by atoms with Gasteiger partial charge in [-0.25, -0.2) is 4.83 Å². The van der Waals surface area contributed by atoms with Crippen LogP contribution in [0.2, 0.25) is 0 Å². The van der Waals surface area contributed by atoms with Crippen molar-refractivity contribution in [3.05, 3.63) is 60.2 Å². The van der Waals surface area contributed by atoms with Crippen LogP contribution in [0.1, 0.15) is 25.3 Å². The first kappa shape index (κ1) is 19.4. The van der Waals surface area contributed by atoms with Crippen LogP contribution in [0.5, 0.6) is 5.75 Å². The van der Waals surface area contributed by atoms with E-state index in [1.165, 1.54) is 17.7 Å². The molecule has 144 valence electrons. The predicted octanol–water partition coefficient (Wildman–Crippen LogP) is 3.02. The normalized spacial score (nSPS) is 15.4. The van der Waals surface area contributed by atoms with Crippen LogP contribution in [0.4, 0.5) is 0 Å². The van der Waals surface area contributed by atoms with Crippen LogP contribution in [-0.2, 0) is 16.6 Å². The summed E-state index contributed by atoms with van der Waals surface area (Å²) in [4.78, 5) is 4.90. The third-order valence-electron chi connectivity index (χ3n) is 4.45. The van der Waals surface area contributed by atoms with Gasteiger partial charge in [-0.15, -0.1) is 0 Å². The molecule has 0 amide bonds. The fourth-order valence-electron chi connectivity index (χ4n) is 2.98. The van der Waals surface area contributed by atoms with Gasteiger partial charge in [-0.1, -0.05) is 30.3 Å². The zero-order chi connectivity index (χ0) is 19.1. The molecule has 0 bridgehead atoms. The Morgan fingerprint density at radius 1 is 1.04 bits per heavy atom. The molecule has 0 radical (unpaired) electrons. The third-order valence-corrected chi connectivity index (χ3v) is 5.68. The average Bonchev–Trinajstić information content (AvgIpc) is 2.69. The van der Waals surface area contributed by atoms with Crippen LogP contribution in [0, 0.1) is 0 Å². The molecular formula is C20H25N3O3S.